The zero-order chi connectivity index (χ0) is 12.6. The molecule has 0 aromatic heterocycles. The molecule has 0 bridgehead atoms. The molecule has 0 amide bonds. The van der Waals surface area contributed by atoms with Crippen LogP contribution in [-0.4, -0.2) is 55.4 Å². The Hall–Kier alpha value is -0.430. The number of hydrogen-bond donors (Lipinski definition) is 1. The molecule has 0 radical (unpaired) electrons. The van der Waals surface area contributed by atoms with Crippen molar-refractivity contribution >= 4 is 10.2 Å². The van der Waals surface area contributed by atoms with Crippen LogP contribution in [0, 0.1) is 0 Å². The van der Waals surface area contributed by atoms with Gasteiger partial charge in [0.2, 0.25) is 0 Å². The van der Waals surface area contributed by atoms with E-state index < -0.39 is 10.2 Å². The van der Waals surface area contributed by atoms with E-state index in [0.29, 0.717) is 26.1 Å². The minimum absolute atomic E-state index is 0.00486. The molecule has 6 heteroatoms. The lowest BCUT2D eigenvalue weighted by Crippen LogP contribution is -2.42. The lowest BCUT2D eigenvalue weighted by molar-refractivity contribution is 0.272. The largest absolute Gasteiger partial charge is 0.396 e. The van der Waals surface area contributed by atoms with Gasteiger partial charge in [-0.15, -0.1) is 6.58 Å². The molecule has 0 aliphatic carbocycles. The summed E-state index contributed by atoms with van der Waals surface area (Å²) in [5.74, 6) is 0. The first-order valence-corrected chi connectivity index (χ1v) is 6.83. The Bertz CT molecular complexity index is 290. The first-order valence-electron chi connectivity index (χ1n) is 5.43. The minimum atomic E-state index is -3.41. The average molecular weight is 250 g/mol. The van der Waals surface area contributed by atoms with E-state index in [1.165, 1.54) is 15.7 Å². The van der Waals surface area contributed by atoms with Crippen molar-refractivity contribution in [3.8, 4) is 0 Å². The van der Waals surface area contributed by atoms with Gasteiger partial charge in [-0.05, 0) is 12.8 Å². The maximum absolute atomic E-state index is 12.0. The van der Waals surface area contributed by atoms with Crippen LogP contribution >= 0.6 is 0 Å². The van der Waals surface area contributed by atoms with Gasteiger partial charge in [0, 0.05) is 33.3 Å². The Morgan fingerprint density at radius 1 is 1.38 bits per heavy atom. The minimum Gasteiger partial charge on any atom is -0.396 e. The number of aliphatic hydroxyl groups excluding tert-OH is 1. The molecule has 0 rings (SSSR count). The molecule has 96 valence electrons. The summed E-state index contributed by atoms with van der Waals surface area (Å²) in [4.78, 5) is 0. The average Bonchev–Trinajstić information content (AvgIpc) is 2.25. The van der Waals surface area contributed by atoms with Gasteiger partial charge in [0.15, 0.2) is 0 Å². The molecule has 0 aromatic carbocycles. The molecule has 0 saturated carbocycles. The van der Waals surface area contributed by atoms with Gasteiger partial charge in [0.05, 0.1) is 0 Å². The molecule has 5 nitrogen and oxygen atoms in total. The predicted octanol–water partition coefficient (Wildman–Crippen LogP) is 0.443. The highest BCUT2D eigenvalue weighted by molar-refractivity contribution is 7.86. The highest BCUT2D eigenvalue weighted by atomic mass is 32.2. The molecule has 0 aromatic rings. The third-order valence-electron chi connectivity index (χ3n) is 2.16. The number of nitrogens with zero attached hydrogens (tertiary/aromatic N) is 2. The summed E-state index contributed by atoms with van der Waals surface area (Å²) in [6.07, 6.45) is 2.79. The zero-order valence-electron chi connectivity index (χ0n) is 10.1. The summed E-state index contributed by atoms with van der Waals surface area (Å²) in [6.45, 7) is 6.61. The highest BCUT2D eigenvalue weighted by Crippen LogP contribution is 2.07. The normalized spacial score (nSPS) is 12.3. The maximum Gasteiger partial charge on any atom is 0.282 e. The van der Waals surface area contributed by atoms with Crippen molar-refractivity contribution in [1.29, 1.82) is 0 Å². The molecule has 1 N–H and O–H groups in total. The first-order chi connectivity index (χ1) is 7.50. The van der Waals surface area contributed by atoms with E-state index in [9.17, 15) is 8.42 Å². The quantitative estimate of drug-likeness (QED) is 0.604. The number of hydrogen-bond acceptors (Lipinski definition) is 3. The Morgan fingerprint density at radius 3 is 2.44 bits per heavy atom. The van der Waals surface area contributed by atoms with Gasteiger partial charge in [-0.25, -0.2) is 0 Å². The molecule has 0 saturated heterocycles. The summed E-state index contributed by atoms with van der Waals surface area (Å²) < 4.78 is 26.7. The van der Waals surface area contributed by atoms with Gasteiger partial charge in [-0.1, -0.05) is 13.0 Å². The molecule has 0 unspecified atom stereocenters. The Balaban J connectivity index is 4.62. The van der Waals surface area contributed by atoms with E-state index in [4.69, 9.17) is 5.11 Å². The van der Waals surface area contributed by atoms with Crippen LogP contribution in [-0.2, 0) is 10.2 Å². The van der Waals surface area contributed by atoms with E-state index in [2.05, 4.69) is 6.58 Å². The lowest BCUT2D eigenvalue weighted by Gasteiger charge is -2.26. The summed E-state index contributed by atoms with van der Waals surface area (Å²) in [6, 6.07) is 0. The van der Waals surface area contributed by atoms with Crippen molar-refractivity contribution in [1.82, 2.24) is 8.61 Å². The van der Waals surface area contributed by atoms with E-state index in [0.717, 1.165) is 6.42 Å². The van der Waals surface area contributed by atoms with Crippen LogP contribution < -0.4 is 0 Å². The first kappa shape index (κ1) is 15.6. The highest BCUT2D eigenvalue weighted by Gasteiger charge is 2.24. The Labute approximate surface area is 98.5 Å². The van der Waals surface area contributed by atoms with Gasteiger partial charge in [0.25, 0.3) is 10.2 Å². The van der Waals surface area contributed by atoms with Crippen LogP contribution in [0.4, 0.5) is 0 Å². The van der Waals surface area contributed by atoms with Gasteiger partial charge in [-0.3, -0.25) is 0 Å². The predicted molar refractivity (Wildman–Crippen MR) is 65.3 cm³/mol. The van der Waals surface area contributed by atoms with E-state index in [-0.39, 0.29) is 6.61 Å². The second-order valence-electron chi connectivity index (χ2n) is 3.55. The molecule has 16 heavy (non-hydrogen) atoms. The Morgan fingerprint density at radius 2 is 2.00 bits per heavy atom. The summed E-state index contributed by atoms with van der Waals surface area (Å²) >= 11 is 0. The van der Waals surface area contributed by atoms with E-state index >= 15 is 0 Å². The zero-order valence-corrected chi connectivity index (χ0v) is 10.9. The molecule has 0 heterocycles. The Kier molecular flexibility index (Phi) is 7.57. The molecule has 0 fully saturated rings. The lowest BCUT2D eigenvalue weighted by atomic mass is 10.5. The number of aliphatic hydroxyl groups is 1. The van der Waals surface area contributed by atoms with Crippen LogP contribution in [0.2, 0.25) is 0 Å². The molecule has 0 atom stereocenters. The van der Waals surface area contributed by atoms with Crippen LogP contribution in [0.1, 0.15) is 19.8 Å². The standard InChI is InChI=1S/C10H22N2O3S/c1-4-7-12(8-5-2)16(14,15)11(3)9-6-10-13/h4,13H,1,5-10H2,2-3H3. The van der Waals surface area contributed by atoms with Crippen molar-refractivity contribution < 1.29 is 13.5 Å². The topological polar surface area (TPSA) is 60.9 Å². The van der Waals surface area contributed by atoms with Crippen molar-refractivity contribution in [2.75, 3.05) is 33.3 Å². The maximum atomic E-state index is 12.0. The van der Waals surface area contributed by atoms with E-state index in [1.54, 1.807) is 6.08 Å². The van der Waals surface area contributed by atoms with Crippen LogP contribution in [0.3, 0.4) is 0 Å². The molecule has 0 aliphatic heterocycles. The van der Waals surface area contributed by atoms with Crippen LogP contribution in [0.15, 0.2) is 12.7 Å². The van der Waals surface area contributed by atoms with Crippen molar-refractivity contribution in [2.24, 2.45) is 0 Å². The second-order valence-corrected chi connectivity index (χ2v) is 5.59. The molecule has 0 aliphatic rings. The second kappa shape index (κ2) is 7.78. The molecular formula is C10H22N2O3S. The summed E-state index contributed by atoms with van der Waals surface area (Å²) in [7, 11) is -1.89. The third-order valence-corrected chi connectivity index (χ3v) is 4.11. The van der Waals surface area contributed by atoms with Crippen LogP contribution in [0.5, 0.6) is 0 Å². The van der Waals surface area contributed by atoms with Gasteiger partial charge >= 0.3 is 0 Å². The fraction of sp³-hybridized carbons (Fsp3) is 0.800. The smallest absolute Gasteiger partial charge is 0.282 e. The fourth-order valence-corrected chi connectivity index (χ4v) is 2.76. The van der Waals surface area contributed by atoms with Crippen molar-refractivity contribution in [3.63, 3.8) is 0 Å². The third kappa shape index (κ3) is 4.61. The SMILES string of the molecule is C=CCN(CCC)S(=O)(=O)N(C)CCCO. The fourth-order valence-electron chi connectivity index (χ4n) is 1.30. The van der Waals surface area contributed by atoms with Gasteiger partial charge < -0.3 is 5.11 Å². The molecule has 0 spiro atoms. The number of rotatable bonds is 9. The van der Waals surface area contributed by atoms with Gasteiger partial charge in [0.1, 0.15) is 0 Å². The van der Waals surface area contributed by atoms with Crippen molar-refractivity contribution in [3.05, 3.63) is 12.7 Å². The van der Waals surface area contributed by atoms with Crippen molar-refractivity contribution in [2.45, 2.75) is 19.8 Å². The summed E-state index contributed by atoms with van der Waals surface area (Å²) in [5, 5.41) is 8.67. The summed E-state index contributed by atoms with van der Waals surface area (Å²) in [5.41, 5.74) is 0. The monoisotopic (exact) mass is 250 g/mol. The van der Waals surface area contributed by atoms with E-state index in [1.807, 2.05) is 6.92 Å². The molecular weight excluding hydrogens is 228 g/mol. The van der Waals surface area contributed by atoms with Crippen LogP contribution in [0.25, 0.3) is 0 Å². The van der Waals surface area contributed by atoms with Gasteiger partial charge in [-0.2, -0.15) is 17.0 Å².